The van der Waals surface area contributed by atoms with Gasteiger partial charge in [-0.1, -0.05) is 6.92 Å². The number of hydrogen-bond donors (Lipinski definition) is 0. The van der Waals surface area contributed by atoms with E-state index in [1.165, 1.54) is 6.07 Å². The van der Waals surface area contributed by atoms with Crippen molar-refractivity contribution in [2.75, 3.05) is 18.1 Å². The summed E-state index contributed by atoms with van der Waals surface area (Å²) in [7, 11) is 0. The maximum absolute atomic E-state index is 14.0. The zero-order chi connectivity index (χ0) is 13.1. The van der Waals surface area contributed by atoms with Gasteiger partial charge in [-0.2, -0.15) is 0 Å². The molecule has 0 N–H and O–H groups in total. The summed E-state index contributed by atoms with van der Waals surface area (Å²) in [5.41, 5.74) is 0.924. The zero-order valence-corrected chi connectivity index (χ0v) is 10.7. The van der Waals surface area contributed by atoms with Gasteiger partial charge in [-0.05, 0) is 31.5 Å². The van der Waals surface area contributed by atoms with Crippen LogP contribution in [0.15, 0.2) is 18.2 Å². The monoisotopic (exact) mass is 251 g/mol. The molecule has 4 heteroatoms. The van der Waals surface area contributed by atoms with E-state index >= 15 is 0 Å². The van der Waals surface area contributed by atoms with Crippen molar-refractivity contribution in [2.24, 2.45) is 0 Å². The predicted molar refractivity (Wildman–Crippen MR) is 68.6 cm³/mol. The second kappa shape index (κ2) is 5.48. The van der Waals surface area contributed by atoms with Gasteiger partial charge in [0.1, 0.15) is 12.1 Å². The van der Waals surface area contributed by atoms with Crippen LogP contribution in [0.5, 0.6) is 0 Å². The highest BCUT2D eigenvalue weighted by molar-refractivity contribution is 5.76. The van der Waals surface area contributed by atoms with Gasteiger partial charge < -0.3 is 9.64 Å². The van der Waals surface area contributed by atoms with Crippen LogP contribution in [0.3, 0.4) is 0 Å². The molecule has 1 aliphatic rings. The number of halogens is 1. The van der Waals surface area contributed by atoms with Crippen molar-refractivity contribution in [2.45, 2.75) is 32.4 Å². The molecule has 0 amide bonds. The molecule has 1 saturated heterocycles. The van der Waals surface area contributed by atoms with E-state index in [4.69, 9.17) is 4.74 Å². The molecular formula is C14H18FNO2. The van der Waals surface area contributed by atoms with E-state index in [0.717, 1.165) is 6.42 Å². The molecule has 1 aliphatic heterocycles. The van der Waals surface area contributed by atoms with E-state index in [0.29, 0.717) is 30.7 Å². The molecule has 0 bridgehead atoms. The number of anilines is 1. The van der Waals surface area contributed by atoms with Crippen molar-refractivity contribution >= 4 is 12.0 Å². The van der Waals surface area contributed by atoms with E-state index in [9.17, 15) is 9.18 Å². The standard InChI is InChI=1S/C14H18FNO2/c1-3-12-9-18-10(2)7-16(12)14-5-4-11(8-17)6-13(14)15/h4-6,8,10,12H,3,7,9H2,1-2H3. The third-order valence-corrected chi connectivity index (χ3v) is 3.36. The van der Waals surface area contributed by atoms with Gasteiger partial charge in [0.25, 0.3) is 0 Å². The van der Waals surface area contributed by atoms with Crippen molar-refractivity contribution in [3.05, 3.63) is 29.6 Å². The molecule has 0 saturated carbocycles. The number of aldehydes is 1. The summed E-state index contributed by atoms with van der Waals surface area (Å²) in [5, 5.41) is 0. The number of nitrogens with zero attached hydrogens (tertiary/aromatic N) is 1. The average molecular weight is 251 g/mol. The van der Waals surface area contributed by atoms with Crippen LogP contribution in [0.25, 0.3) is 0 Å². The van der Waals surface area contributed by atoms with Gasteiger partial charge in [0.05, 0.1) is 24.4 Å². The molecule has 1 aromatic carbocycles. The highest BCUT2D eigenvalue weighted by Gasteiger charge is 2.27. The minimum absolute atomic E-state index is 0.0953. The first-order valence-electron chi connectivity index (χ1n) is 6.28. The van der Waals surface area contributed by atoms with E-state index in [2.05, 4.69) is 6.92 Å². The molecule has 0 radical (unpaired) electrons. The fourth-order valence-corrected chi connectivity index (χ4v) is 2.31. The number of carbonyl (C=O) groups excluding carboxylic acids is 1. The molecule has 0 spiro atoms. The van der Waals surface area contributed by atoms with E-state index in [1.807, 2.05) is 11.8 Å². The van der Waals surface area contributed by atoms with Crippen LogP contribution in [-0.4, -0.2) is 31.6 Å². The van der Waals surface area contributed by atoms with E-state index < -0.39 is 0 Å². The minimum atomic E-state index is -0.341. The third kappa shape index (κ3) is 2.53. The van der Waals surface area contributed by atoms with Crippen LogP contribution in [0.2, 0.25) is 0 Å². The second-order valence-electron chi connectivity index (χ2n) is 4.69. The van der Waals surface area contributed by atoms with Gasteiger partial charge in [-0.25, -0.2) is 4.39 Å². The van der Waals surface area contributed by atoms with Gasteiger partial charge in [-0.15, -0.1) is 0 Å². The molecule has 1 aromatic rings. The molecule has 3 nitrogen and oxygen atoms in total. The van der Waals surface area contributed by atoms with Gasteiger partial charge >= 0.3 is 0 Å². The maximum Gasteiger partial charge on any atom is 0.150 e. The number of morpholine rings is 1. The lowest BCUT2D eigenvalue weighted by Gasteiger charge is -2.40. The summed E-state index contributed by atoms with van der Waals surface area (Å²) in [6.07, 6.45) is 1.66. The summed E-state index contributed by atoms with van der Waals surface area (Å²) in [6, 6.07) is 4.81. The first-order valence-corrected chi connectivity index (χ1v) is 6.28. The van der Waals surface area contributed by atoms with Crippen molar-refractivity contribution in [1.82, 2.24) is 0 Å². The number of carbonyl (C=O) groups is 1. The number of benzene rings is 1. The Bertz CT molecular complexity index is 436. The van der Waals surface area contributed by atoms with E-state index in [-0.39, 0.29) is 18.0 Å². The maximum atomic E-state index is 14.0. The minimum Gasteiger partial charge on any atom is -0.375 e. The zero-order valence-electron chi connectivity index (χ0n) is 10.7. The topological polar surface area (TPSA) is 29.5 Å². The van der Waals surface area contributed by atoms with Crippen LogP contribution in [0, 0.1) is 5.82 Å². The molecule has 2 rings (SSSR count). The van der Waals surface area contributed by atoms with Crippen LogP contribution >= 0.6 is 0 Å². The number of ether oxygens (including phenoxy) is 1. The second-order valence-corrected chi connectivity index (χ2v) is 4.69. The molecule has 1 heterocycles. The highest BCUT2D eigenvalue weighted by Crippen LogP contribution is 2.26. The van der Waals surface area contributed by atoms with Gasteiger partial charge in [0.15, 0.2) is 0 Å². The predicted octanol–water partition coefficient (Wildman–Crippen LogP) is 2.64. The van der Waals surface area contributed by atoms with E-state index in [1.54, 1.807) is 12.1 Å². The van der Waals surface area contributed by atoms with Crippen LogP contribution in [0.4, 0.5) is 10.1 Å². The normalized spacial score (nSPS) is 24.1. The summed E-state index contributed by atoms with van der Waals surface area (Å²) in [4.78, 5) is 12.7. The first kappa shape index (κ1) is 13.0. The largest absolute Gasteiger partial charge is 0.375 e. The molecule has 0 aromatic heterocycles. The van der Waals surface area contributed by atoms with Crippen molar-refractivity contribution in [3.63, 3.8) is 0 Å². The molecule has 98 valence electrons. The average Bonchev–Trinajstić information content (AvgIpc) is 2.38. The first-order chi connectivity index (χ1) is 8.65. The fourth-order valence-electron chi connectivity index (χ4n) is 2.31. The Morgan fingerprint density at radius 1 is 1.56 bits per heavy atom. The summed E-state index contributed by atoms with van der Waals surface area (Å²) >= 11 is 0. The Labute approximate surface area is 107 Å². The Morgan fingerprint density at radius 3 is 2.94 bits per heavy atom. The van der Waals surface area contributed by atoms with Crippen LogP contribution in [-0.2, 0) is 4.74 Å². The lowest BCUT2D eigenvalue weighted by atomic mass is 10.1. The Balaban J connectivity index is 2.30. The van der Waals surface area contributed by atoms with Crippen LogP contribution < -0.4 is 4.90 Å². The van der Waals surface area contributed by atoms with Crippen molar-refractivity contribution < 1.29 is 13.9 Å². The fraction of sp³-hybridized carbons (Fsp3) is 0.500. The number of hydrogen-bond acceptors (Lipinski definition) is 3. The van der Waals surface area contributed by atoms with Gasteiger partial charge in [0, 0.05) is 12.1 Å². The molecule has 0 aliphatic carbocycles. The van der Waals surface area contributed by atoms with Gasteiger partial charge in [-0.3, -0.25) is 4.79 Å². The summed E-state index contributed by atoms with van der Waals surface area (Å²) < 4.78 is 19.6. The molecule has 2 atom stereocenters. The molecule has 2 unspecified atom stereocenters. The van der Waals surface area contributed by atoms with Crippen LogP contribution in [0.1, 0.15) is 30.6 Å². The lowest BCUT2D eigenvalue weighted by Crippen LogP contribution is -2.49. The number of rotatable bonds is 3. The molecule has 18 heavy (non-hydrogen) atoms. The quantitative estimate of drug-likeness (QED) is 0.773. The van der Waals surface area contributed by atoms with Crippen molar-refractivity contribution in [3.8, 4) is 0 Å². The summed E-state index contributed by atoms with van der Waals surface area (Å²) in [6.45, 7) is 5.34. The lowest BCUT2D eigenvalue weighted by molar-refractivity contribution is 0.0297. The van der Waals surface area contributed by atoms with Gasteiger partial charge in [0.2, 0.25) is 0 Å². The Morgan fingerprint density at radius 2 is 2.33 bits per heavy atom. The SMILES string of the molecule is CCC1COC(C)CN1c1ccc(C=O)cc1F. The highest BCUT2D eigenvalue weighted by atomic mass is 19.1. The van der Waals surface area contributed by atoms with Crippen molar-refractivity contribution in [1.29, 1.82) is 0 Å². The summed E-state index contributed by atoms with van der Waals surface area (Å²) in [5.74, 6) is -0.341. The smallest absolute Gasteiger partial charge is 0.150 e. The molecule has 1 fully saturated rings. The molecular weight excluding hydrogens is 233 g/mol. The third-order valence-electron chi connectivity index (χ3n) is 3.36. The Kier molecular flexibility index (Phi) is 3.97. The Hall–Kier alpha value is -1.42.